The maximum atomic E-state index is 13.8. The number of amides is 1. The molecule has 0 spiro atoms. The van der Waals surface area contributed by atoms with E-state index in [1.165, 1.54) is 12.1 Å². The molecule has 0 fully saturated rings. The largest absolute Gasteiger partial charge is 0.451 e. The molecule has 26 heavy (non-hydrogen) atoms. The smallest absolute Gasteiger partial charge is 0.291 e. The van der Waals surface area contributed by atoms with Gasteiger partial charge in [0.05, 0.1) is 5.56 Å². The molecular weight excluding hydrogens is 335 g/mol. The number of carbonyl (C=O) groups is 1. The van der Waals surface area contributed by atoms with Crippen LogP contribution in [0.3, 0.4) is 0 Å². The molecule has 0 aliphatic carbocycles. The van der Waals surface area contributed by atoms with Crippen molar-refractivity contribution in [3.63, 3.8) is 0 Å². The molecule has 5 nitrogen and oxygen atoms in total. The lowest BCUT2D eigenvalue weighted by Gasteiger charge is -2.03. The van der Waals surface area contributed by atoms with Crippen LogP contribution in [0.4, 0.5) is 10.1 Å². The molecule has 1 amide bonds. The fourth-order valence-electron chi connectivity index (χ4n) is 2.66. The number of anilines is 1. The maximum Gasteiger partial charge on any atom is 0.291 e. The molecule has 2 aromatic heterocycles. The number of rotatable bonds is 4. The Morgan fingerprint density at radius 3 is 2.77 bits per heavy atom. The first-order chi connectivity index (χ1) is 12.6. The summed E-state index contributed by atoms with van der Waals surface area (Å²) in [6.07, 6.45) is 0.696. The zero-order valence-corrected chi connectivity index (χ0v) is 14.0. The van der Waals surface area contributed by atoms with E-state index < -0.39 is 11.7 Å². The highest BCUT2D eigenvalue weighted by atomic mass is 19.1. The number of hydrogen-bond donors (Lipinski definition) is 1. The van der Waals surface area contributed by atoms with Crippen molar-refractivity contribution in [1.29, 1.82) is 0 Å². The van der Waals surface area contributed by atoms with E-state index in [9.17, 15) is 9.18 Å². The molecule has 6 heteroatoms. The lowest BCUT2D eigenvalue weighted by Crippen LogP contribution is -2.10. The number of aryl methyl sites for hydroxylation is 1. The molecule has 130 valence electrons. The maximum absolute atomic E-state index is 13.8. The van der Waals surface area contributed by atoms with Crippen LogP contribution in [0.15, 0.2) is 63.4 Å². The molecule has 2 heterocycles. The number of carbonyl (C=O) groups excluding carboxylic acids is 1. The van der Waals surface area contributed by atoms with Gasteiger partial charge in [-0.05, 0) is 42.5 Å². The minimum Gasteiger partial charge on any atom is -0.451 e. The van der Waals surface area contributed by atoms with Crippen molar-refractivity contribution >= 4 is 22.7 Å². The minimum absolute atomic E-state index is 0.0951. The van der Waals surface area contributed by atoms with Crippen LogP contribution < -0.4 is 5.32 Å². The molecule has 0 unspecified atom stereocenters. The summed E-state index contributed by atoms with van der Waals surface area (Å²) in [5, 5.41) is 2.75. The minimum atomic E-state index is -0.425. The molecular formula is C20H15FN2O3. The van der Waals surface area contributed by atoms with Gasteiger partial charge in [-0.2, -0.15) is 0 Å². The van der Waals surface area contributed by atoms with Crippen LogP contribution in [0.5, 0.6) is 0 Å². The highest BCUT2D eigenvalue weighted by molar-refractivity contribution is 6.03. The van der Waals surface area contributed by atoms with E-state index in [0.29, 0.717) is 40.4 Å². The fourth-order valence-corrected chi connectivity index (χ4v) is 2.66. The summed E-state index contributed by atoms with van der Waals surface area (Å²) in [6.45, 7) is 1.96. The van der Waals surface area contributed by atoms with E-state index in [-0.39, 0.29) is 5.76 Å². The second kappa shape index (κ2) is 6.48. The number of benzene rings is 2. The summed E-state index contributed by atoms with van der Waals surface area (Å²) in [5.41, 5.74) is 2.22. The average Bonchev–Trinajstić information content (AvgIpc) is 3.28. The molecule has 0 saturated heterocycles. The van der Waals surface area contributed by atoms with Gasteiger partial charge in [-0.15, -0.1) is 0 Å². The Bertz CT molecular complexity index is 1100. The van der Waals surface area contributed by atoms with Crippen molar-refractivity contribution in [3.8, 4) is 11.3 Å². The van der Waals surface area contributed by atoms with Crippen molar-refractivity contribution < 1.29 is 18.0 Å². The summed E-state index contributed by atoms with van der Waals surface area (Å²) >= 11 is 0. The summed E-state index contributed by atoms with van der Waals surface area (Å²) in [7, 11) is 0. The first kappa shape index (κ1) is 16.1. The second-order valence-corrected chi connectivity index (χ2v) is 5.74. The van der Waals surface area contributed by atoms with Crippen LogP contribution in [0, 0.1) is 5.82 Å². The van der Waals surface area contributed by atoms with Crippen molar-refractivity contribution in [2.75, 3.05) is 5.32 Å². The Morgan fingerprint density at radius 2 is 1.96 bits per heavy atom. The third-order valence-electron chi connectivity index (χ3n) is 3.96. The molecule has 4 aromatic rings. The van der Waals surface area contributed by atoms with Crippen LogP contribution in [-0.4, -0.2) is 10.9 Å². The summed E-state index contributed by atoms with van der Waals surface area (Å²) in [6, 6.07) is 14.5. The average molecular weight is 350 g/mol. The van der Waals surface area contributed by atoms with Gasteiger partial charge < -0.3 is 14.2 Å². The lowest BCUT2D eigenvalue weighted by molar-refractivity contribution is 0.0997. The Kier molecular flexibility index (Phi) is 4.01. The molecule has 4 rings (SSSR count). The number of aromatic nitrogens is 1. The van der Waals surface area contributed by atoms with E-state index in [1.54, 1.807) is 42.5 Å². The number of halogens is 1. The highest BCUT2D eigenvalue weighted by Gasteiger charge is 2.15. The summed E-state index contributed by atoms with van der Waals surface area (Å²) < 4.78 is 24.9. The molecule has 0 aliphatic heterocycles. The Balaban J connectivity index is 1.56. The van der Waals surface area contributed by atoms with Gasteiger partial charge in [-0.25, -0.2) is 9.37 Å². The zero-order chi connectivity index (χ0) is 18.1. The number of nitrogens with zero attached hydrogens (tertiary/aromatic N) is 1. The second-order valence-electron chi connectivity index (χ2n) is 5.74. The van der Waals surface area contributed by atoms with Crippen molar-refractivity contribution in [2.24, 2.45) is 0 Å². The highest BCUT2D eigenvalue weighted by Crippen LogP contribution is 2.26. The zero-order valence-electron chi connectivity index (χ0n) is 14.0. The van der Waals surface area contributed by atoms with Gasteiger partial charge in [0.1, 0.15) is 17.1 Å². The van der Waals surface area contributed by atoms with Gasteiger partial charge in [0.15, 0.2) is 17.2 Å². The molecule has 0 saturated carbocycles. The topological polar surface area (TPSA) is 68.3 Å². The molecule has 0 radical (unpaired) electrons. The molecule has 0 aliphatic rings. The van der Waals surface area contributed by atoms with E-state index in [1.807, 2.05) is 6.92 Å². The van der Waals surface area contributed by atoms with Crippen LogP contribution in [0.25, 0.3) is 22.4 Å². The number of nitrogens with one attached hydrogen (secondary N) is 1. The Labute approximate surface area is 148 Å². The van der Waals surface area contributed by atoms with Crippen molar-refractivity contribution in [1.82, 2.24) is 4.98 Å². The Hall–Kier alpha value is -3.41. The number of oxazole rings is 1. The fraction of sp³-hybridized carbons (Fsp3) is 0.100. The van der Waals surface area contributed by atoms with Crippen LogP contribution in [-0.2, 0) is 6.42 Å². The first-order valence-electron chi connectivity index (χ1n) is 8.19. The van der Waals surface area contributed by atoms with E-state index in [4.69, 9.17) is 8.83 Å². The molecule has 1 N–H and O–H groups in total. The third-order valence-corrected chi connectivity index (χ3v) is 3.96. The van der Waals surface area contributed by atoms with Gasteiger partial charge in [0, 0.05) is 12.1 Å². The van der Waals surface area contributed by atoms with Gasteiger partial charge in [-0.3, -0.25) is 4.79 Å². The van der Waals surface area contributed by atoms with Gasteiger partial charge in [0.2, 0.25) is 0 Å². The molecule has 0 bridgehead atoms. The standard InChI is InChI=1S/C20H15FN2O3/c1-2-19-23-15-11-12(7-8-17(15)26-19)22-20(24)18-10-9-16(25-18)13-5-3-4-6-14(13)21/h3-11H,2H2,1H3,(H,22,24). The predicted octanol–water partition coefficient (Wildman–Crippen LogP) is 5.04. The number of hydrogen-bond acceptors (Lipinski definition) is 4. The summed E-state index contributed by atoms with van der Waals surface area (Å²) in [5.74, 6) is 0.206. The number of furan rings is 1. The van der Waals surface area contributed by atoms with Crippen LogP contribution in [0.1, 0.15) is 23.4 Å². The van der Waals surface area contributed by atoms with Crippen LogP contribution in [0.2, 0.25) is 0 Å². The van der Waals surface area contributed by atoms with Crippen LogP contribution >= 0.6 is 0 Å². The van der Waals surface area contributed by atoms with E-state index >= 15 is 0 Å². The van der Waals surface area contributed by atoms with Gasteiger partial charge in [0.25, 0.3) is 5.91 Å². The summed E-state index contributed by atoms with van der Waals surface area (Å²) in [4.78, 5) is 16.7. The quantitative estimate of drug-likeness (QED) is 0.560. The molecule has 0 atom stereocenters. The monoisotopic (exact) mass is 350 g/mol. The number of fused-ring (bicyclic) bond motifs is 1. The first-order valence-corrected chi connectivity index (χ1v) is 8.19. The van der Waals surface area contributed by atoms with Gasteiger partial charge >= 0.3 is 0 Å². The van der Waals surface area contributed by atoms with Gasteiger partial charge in [-0.1, -0.05) is 19.1 Å². The van der Waals surface area contributed by atoms with E-state index in [2.05, 4.69) is 10.3 Å². The lowest BCUT2D eigenvalue weighted by atomic mass is 10.1. The normalized spacial score (nSPS) is 11.0. The Morgan fingerprint density at radius 1 is 1.12 bits per heavy atom. The SMILES string of the molecule is CCc1nc2cc(NC(=O)c3ccc(-c4ccccc4F)o3)ccc2o1. The third kappa shape index (κ3) is 2.97. The van der Waals surface area contributed by atoms with Crippen molar-refractivity contribution in [3.05, 3.63) is 72.1 Å². The van der Waals surface area contributed by atoms with E-state index in [0.717, 1.165) is 0 Å². The van der Waals surface area contributed by atoms with Crippen molar-refractivity contribution in [2.45, 2.75) is 13.3 Å². The molecule has 2 aromatic carbocycles. The predicted molar refractivity (Wildman–Crippen MR) is 95.4 cm³/mol.